The molecule has 1 aliphatic heterocycles. The number of pyridine rings is 1. The van der Waals surface area contributed by atoms with Crippen molar-refractivity contribution < 1.29 is 4.79 Å². The topological polar surface area (TPSA) is 108 Å². The van der Waals surface area contributed by atoms with E-state index in [0.717, 1.165) is 35.6 Å². The van der Waals surface area contributed by atoms with E-state index in [2.05, 4.69) is 31.1 Å². The van der Waals surface area contributed by atoms with E-state index in [1.165, 1.54) is 0 Å². The maximum Gasteiger partial charge on any atom is 0.219 e. The molecule has 1 fully saturated rings. The van der Waals surface area contributed by atoms with Crippen LogP contribution in [0.1, 0.15) is 12.5 Å². The highest BCUT2D eigenvalue weighted by atomic mass is 16.2. The molecular formula is C22H21N9O. The minimum atomic E-state index is 0.0951. The fourth-order valence-corrected chi connectivity index (χ4v) is 4.00. The molecule has 4 aromatic heterocycles. The first-order valence-electron chi connectivity index (χ1n) is 10.3. The highest BCUT2D eigenvalue weighted by molar-refractivity contribution is 5.86. The third-order valence-corrected chi connectivity index (χ3v) is 5.73. The molecule has 1 aliphatic rings. The SMILES string of the molecule is CC(=O)N1CCN(c2cnc(-c3cc(-c4cnn(C)c4)cn4ncc(C#N)c34)cn2)CC1. The largest absolute Gasteiger partial charge is 0.352 e. The van der Waals surface area contributed by atoms with Gasteiger partial charge in [-0.2, -0.15) is 15.5 Å². The summed E-state index contributed by atoms with van der Waals surface area (Å²) in [7, 11) is 1.87. The van der Waals surface area contributed by atoms with E-state index in [9.17, 15) is 10.1 Å². The maximum absolute atomic E-state index is 11.6. The standard InChI is InChI=1S/C22H21N9O/c1-15(32)29-3-5-30(6-4-29)21-12-24-20(11-25-21)19-7-16(18-10-26-28(2)13-18)14-31-22(19)17(8-23)9-27-31/h7,9-14H,3-6H2,1-2H3. The van der Waals surface area contributed by atoms with Gasteiger partial charge in [-0.05, 0) is 6.07 Å². The van der Waals surface area contributed by atoms with E-state index in [4.69, 9.17) is 0 Å². The molecule has 5 rings (SSSR count). The van der Waals surface area contributed by atoms with Gasteiger partial charge in [-0.25, -0.2) is 9.50 Å². The summed E-state index contributed by atoms with van der Waals surface area (Å²) in [6.45, 7) is 4.38. The monoisotopic (exact) mass is 427 g/mol. The van der Waals surface area contributed by atoms with Crippen molar-refractivity contribution in [3.8, 4) is 28.5 Å². The van der Waals surface area contributed by atoms with Crippen molar-refractivity contribution in [1.82, 2.24) is 34.3 Å². The Hall–Kier alpha value is -4.26. The Morgan fingerprint density at radius 2 is 1.81 bits per heavy atom. The van der Waals surface area contributed by atoms with Gasteiger partial charge in [-0.1, -0.05) is 0 Å². The summed E-state index contributed by atoms with van der Waals surface area (Å²) < 4.78 is 3.44. The Labute approximate surface area is 184 Å². The smallest absolute Gasteiger partial charge is 0.219 e. The van der Waals surface area contributed by atoms with Crippen LogP contribution < -0.4 is 4.90 Å². The summed E-state index contributed by atoms with van der Waals surface area (Å²) in [5.41, 5.74) is 4.46. The molecule has 0 aromatic carbocycles. The van der Waals surface area contributed by atoms with E-state index >= 15 is 0 Å². The normalized spacial score (nSPS) is 14.0. The molecule has 0 radical (unpaired) electrons. The predicted octanol–water partition coefficient (Wildman–Crippen LogP) is 1.73. The van der Waals surface area contributed by atoms with Gasteiger partial charge >= 0.3 is 0 Å². The summed E-state index contributed by atoms with van der Waals surface area (Å²) in [6.07, 6.45) is 10.6. The highest BCUT2D eigenvalue weighted by Crippen LogP contribution is 2.31. The number of carbonyl (C=O) groups excluding carboxylic acids is 1. The minimum Gasteiger partial charge on any atom is -0.352 e. The number of anilines is 1. The van der Waals surface area contributed by atoms with Crippen LogP contribution in [0, 0.1) is 11.3 Å². The van der Waals surface area contributed by atoms with Gasteiger partial charge in [0.25, 0.3) is 0 Å². The number of aromatic nitrogens is 6. The van der Waals surface area contributed by atoms with Crippen LogP contribution in [-0.4, -0.2) is 66.3 Å². The van der Waals surface area contributed by atoms with Crippen molar-refractivity contribution >= 4 is 17.2 Å². The van der Waals surface area contributed by atoms with Gasteiger partial charge in [0.15, 0.2) is 0 Å². The van der Waals surface area contributed by atoms with Crippen LogP contribution in [0.15, 0.2) is 43.2 Å². The second-order valence-corrected chi connectivity index (χ2v) is 7.76. The zero-order valence-corrected chi connectivity index (χ0v) is 17.8. The van der Waals surface area contributed by atoms with Crippen molar-refractivity contribution in [1.29, 1.82) is 5.26 Å². The fourth-order valence-electron chi connectivity index (χ4n) is 4.00. The van der Waals surface area contributed by atoms with Crippen LogP contribution in [0.3, 0.4) is 0 Å². The highest BCUT2D eigenvalue weighted by Gasteiger charge is 2.20. The molecular weight excluding hydrogens is 406 g/mol. The number of fused-ring (bicyclic) bond motifs is 1. The molecule has 0 saturated carbocycles. The van der Waals surface area contributed by atoms with Gasteiger partial charge in [-0.15, -0.1) is 0 Å². The minimum absolute atomic E-state index is 0.0951. The number of hydrogen-bond donors (Lipinski definition) is 0. The molecule has 0 atom stereocenters. The molecule has 5 heterocycles. The predicted molar refractivity (Wildman–Crippen MR) is 118 cm³/mol. The van der Waals surface area contributed by atoms with Crippen LogP contribution in [0.5, 0.6) is 0 Å². The molecule has 10 nitrogen and oxygen atoms in total. The molecule has 4 aromatic rings. The second kappa shape index (κ2) is 7.77. The molecule has 0 unspecified atom stereocenters. The van der Waals surface area contributed by atoms with Gasteiger partial charge in [0, 0.05) is 69.2 Å². The lowest BCUT2D eigenvalue weighted by Gasteiger charge is -2.34. The van der Waals surface area contributed by atoms with Crippen LogP contribution in [0.4, 0.5) is 5.82 Å². The number of rotatable bonds is 3. The van der Waals surface area contributed by atoms with Crippen molar-refractivity contribution in [2.75, 3.05) is 31.1 Å². The lowest BCUT2D eigenvalue weighted by atomic mass is 10.0. The fraction of sp³-hybridized carbons (Fsp3) is 0.273. The molecule has 32 heavy (non-hydrogen) atoms. The maximum atomic E-state index is 11.6. The first-order valence-corrected chi connectivity index (χ1v) is 10.3. The molecule has 0 bridgehead atoms. The van der Waals surface area contributed by atoms with Crippen molar-refractivity contribution in [2.45, 2.75) is 6.92 Å². The summed E-state index contributed by atoms with van der Waals surface area (Å²) in [5, 5.41) is 18.2. The lowest BCUT2D eigenvalue weighted by Crippen LogP contribution is -2.48. The number of amides is 1. The number of hydrogen-bond acceptors (Lipinski definition) is 7. The Balaban J connectivity index is 1.52. The number of nitriles is 1. The molecule has 10 heteroatoms. The van der Waals surface area contributed by atoms with E-state index in [-0.39, 0.29) is 5.91 Å². The van der Waals surface area contributed by atoms with E-state index < -0.39 is 0 Å². The molecule has 0 aliphatic carbocycles. The summed E-state index contributed by atoms with van der Waals surface area (Å²) in [5.74, 6) is 0.864. The van der Waals surface area contributed by atoms with Gasteiger partial charge < -0.3 is 9.80 Å². The first kappa shape index (κ1) is 19.7. The number of aryl methyl sites for hydroxylation is 1. The van der Waals surface area contributed by atoms with Crippen LogP contribution >= 0.6 is 0 Å². The Kier molecular flexibility index (Phi) is 4.78. The van der Waals surface area contributed by atoms with E-state index in [1.54, 1.807) is 40.9 Å². The summed E-state index contributed by atoms with van der Waals surface area (Å²) in [4.78, 5) is 24.8. The van der Waals surface area contributed by atoms with Crippen LogP contribution in [0.2, 0.25) is 0 Å². The molecule has 160 valence electrons. The molecule has 0 spiro atoms. The van der Waals surface area contributed by atoms with Crippen LogP contribution in [-0.2, 0) is 11.8 Å². The molecule has 0 N–H and O–H groups in total. The zero-order chi connectivity index (χ0) is 22.2. The number of carbonyl (C=O) groups is 1. The van der Waals surface area contributed by atoms with Gasteiger partial charge in [-0.3, -0.25) is 14.5 Å². The van der Waals surface area contributed by atoms with Crippen molar-refractivity contribution in [3.05, 3.63) is 48.8 Å². The van der Waals surface area contributed by atoms with Gasteiger partial charge in [0.05, 0.1) is 41.6 Å². The Morgan fingerprint density at radius 1 is 1.00 bits per heavy atom. The van der Waals surface area contributed by atoms with Crippen molar-refractivity contribution in [3.63, 3.8) is 0 Å². The molecule has 1 saturated heterocycles. The Morgan fingerprint density at radius 3 is 2.44 bits per heavy atom. The lowest BCUT2D eigenvalue weighted by molar-refractivity contribution is -0.129. The first-order chi connectivity index (χ1) is 15.5. The third-order valence-electron chi connectivity index (χ3n) is 5.73. The van der Waals surface area contributed by atoms with Crippen molar-refractivity contribution in [2.24, 2.45) is 7.05 Å². The molecule has 1 amide bonds. The average molecular weight is 427 g/mol. The third kappa shape index (κ3) is 3.43. The van der Waals surface area contributed by atoms with Gasteiger partial charge in [0.2, 0.25) is 5.91 Å². The Bertz CT molecular complexity index is 1340. The number of nitrogens with zero attached hydrogens (tertiary/aromatic N) is 9. The van der Waals surface area contributed by atoms with E-state index in [1.807, 2.05) is 30.4 Å². The zero-order valence-electron chi connectivity index (χ0n) is 17.8. The quantitative estimate of drug-likeness (QED) is 0.490. The average Bonchev–Trinajstić information content (AvgIpc) is 3.44. The summed E-state index contributed by atoms with van der Waals surface area (Å²) >= 11 is 0. The van der Waals surface area contributed by atoms with E-state index in [0.29, 0.717) is 29.9 Å². The van der Waals surface area contributed by atoms with Gasteiger partial charge in [0.1, 0.15) is 11.9 Å². The summed E-state index contributed by atoms with van der Waals surface area (Å²) in [6, 6.07) is 4.20. The van der Waals surface area contributed by atoms with Crippen LogP contribution in [0.25, 0.3) is 27.9 Å². The second-order valence-electron chi connectivity index (χ2n) is 7.76. The number of piperazine rings is 1.